The number of carbonyl (C=O) groups excluding carboxylic acids is 1. The summed E-state index contributed by atoms with van der Waals surface area (Å²) in [5.74, 6) is 2.00. The molecule has 0 radical (unpaired) electrons. The number of ether oxygens (including phenoxy) is 1. The number of terminal acetylenes is 1. The van der Waals surface area contributed by atoms with Crippen molar-refractivity contribution in [3.63, 3.8) is 0 Å². The van der Waals surface area contributed by atoms with E-state index in [9.17, 15) is 4.79 Å². The zero-order chi connectivity index (χ0) is 11.8. The predicted octanol–water partition coefficient (Wildman–Crippen LogP) is 2.14. The Morgan fingerprint density at radius 2 is 2.50 bits per heavy atom. The van der Waals surface area contributed by atoms with E-state index in [0.29, 0.717) is 19.4 Å². The molecule has 0 aromatic carbocycles. The van der Waals surface area contributed by atoms with Crippen LogP contribution in [0.1, 0.15) is 31.2 Å². The lowest BCUT2D eigenvalue weighted by Crippen LogP contribution is -2.16. The molecule has 0 amide bonds. The molecule has 0 aliphatic rings. The van der Waals surface area contributed by atoms with E-state index in [1.165, 1.54) is 0 Å². The van der Waals surface area contributed by atoms with Crippen LogP contribution in [0.3, 0.4) is 0 Å². The van der Waals surface area contributed by atoms with Crippen LogP contribution in [-0.2, 0) is 9.53 Å². The average molecular weight is 217 g/mol. The molecule has 1 aromatic rings. The van der Waals surface area contributed by atoms with E-state index in [4.69, 9.17) is 11.2 Å². The molecule has 1 atom stereocenters. The number of hydrogen-bond acceptors (Lipinski definition) is 3. The molecule has 0 N–H and O–H groups in total. The van der Waals surface area contributed by atoms with E-state index in [2.05, 4.69) is 10.9 Å². The molecular weight excluding hydrogens is 202 g/mol. The van der Waals surface area contributed by atoms with E-state index in [-0.39, 0.29) is 11.9 Å². The summed E-state index contributed by atoms with van der Waals surface area (Å²) in [6.07, 6.45) is 9.72. The van der Waals surface area contributed by atoms with Crippen molar-refractivity contribution in [3.05, 3.63) is 30.1 Å². The number of pyridine rings is 1. The maximum Gasteiger partial charge on any atom is 0.313 e. The highest BCUT2D eigenvalue weighted by Gasteiger charge is 2.21. The first-order valence-electron chi connectivity index (χ1n) is 5.29. The molecule has 0 bridgehead atoms. The van der Waals surface area contributed by atoms with Gasteiger partial charge in [0.25, 0.3) is 0 Å². The van der Waals surface area contributed by atoms with Gasteiger partial charge in [-0.05, 0) is 25.0 Å². The van der Waals surface area contributed by atoms with E-state index in [1.54, 1.807) is 25.4 Å². The molecule has 16 heavy (non-hydrogen) atoms. The quantitative estimate of drug-likeness (QED) is 0.560. The Bertz CT molecular complexity index is 367. The summed E-state index contributed by atoms with van der Waals surface area (Å²) in [6.45, 7) is 2.17. The van der Waals surface area contributed by atoms with Gasteiger partial charge in [-0.1, -0.05) is 6.07 Å². The molecule has 0 spiro atoms. The molecular formula is C13H15NO2. The van der Waals surface area contributed by atoms with Gasteiger partial charge in [-0.2, -0.15) is 0 Å². The van der Waals surface area contributed by atoms with Gasteiger partial charge in [0.1, 0.15) is 0 Å². The summed E-state index contributed by atoms with van der Waals surface area (Å²) in [5.41, 5.74) is 0.858. The highest BCUT2D eigenvalue weighted by atomic mass is 16.5. The lowest BCUT2D eigenvalue weighted by molar-refractivity contribution is -0.145. The molecule has 0 fully saturated rings. The topological polar surface area (TPSA) is 39.2 Å². The SMILES string of the molecule is C#CCC[C@H](C(=O)OCC)c1cccnc1. The van der Waals surface area contributed by atoms with Crippen LogP contribution in [0, 0.1) is 12.3 Å². The first-order chi connectivity index (χ1) is 7.79. The third-order valence-electron chi connectivity index (χ3n) is 2.24. The van der Waals surface area contributed by atoms with Gasteiger partial charge < -0.3 is 4.74 Å². The van der Waals surface area contributed by atoms with Crippen LogP contribution in [0.15, 0.2) is 24.5 Å². The molecule has 1 rings (SSSR count). The van der Waals surface area contributed by atoms with Crippen molar-refractivity contribution >= 4 is 5.97 Å². The third-order valence-corrected chi connectivity index (χ3v) is 2.24. The van der Waals surface area contributed by atoms with Crippen LogP contribution in [0.4, 0.5) is 0 Å². The zero-order valence-corrected chi connectivity index (χ0v) is 9.35. The molecule has 0 aliphatic heterocycles. The zero-order valence-electron chi connectivity index (χ0n) is 9.35. The van der Waals surface area contributed by atoms with Crippen LogP contribution in [0.5, 0.6) is 0 Å². The van der Waals surface area contributed by atoms with E-state index in [1.807, 2.05) is 6.07 Å². The molecule has 0 saturated carbocycles. The number of nitrogens with zero attached hydrogens (tertiary/aromatic N) is 1. The fourth-order valence-electron chi connectivity index (χ4n) is 1.47. The standard InChI is InChI=1S/C13H15NO2/c1-3-5-8-12(13(15)16-4-2)11-7-6-9-14-10-11/h1,6-7,9-10,12H,4-5,8H2,2H3/t12-/m0/s1. The number of carbonyl (C=O) groups is 1. The highest BCUT2D eigenvalue weighted by Crippen LogP contribution is 2.21. The third kappa shape index (κ3) is 3.39. The largest absolute Gasteiger partial charge is 0.466 e. The van der Waals surface area contributed by atoms with E-state index < -0.39 is 0 Å². The Kier molecular flexibility index (Phi) is 5.07. The summed E-state index contributed by atoms with van der Waals surface area (Å²) in [4.78, 5) is 15.7. The Labute approximate surface area is 95.8 Å². The van der Waals surface area contributed by atoms with Crippen molar-refractivity contribution in [2.75, 3.05) is 6.61 Å². The molecule has 3 heteroatoms. The van der Waals surface area contributed by atoms with Crippen molar-refractivity contribution in [1.82, 2.24) is 4.98 Å². The van der Waals surface area contributed by atoms with Gasteiger partial charge in [0.15, 0.2) is 0 Å². The maximum absolute atomic E-state index is 11.7. The molecule has 84 valence electrons. The van der Waals surface area contributed by atoms with Crippen LogP contribution in [0.2, 0.25) is 0 Å². The van der Waals surface area contributed by atoms with Gasteiger partial charge in [-0.3, -0.25) is 9.78 Å². The van der Waals surface area contributed by atoms with Gasteiger partial charge in [0, 0.05) is 18.8 Å². The predicted molar refractivity (Wildman–Crippen MR) is 61.7 cm³/mol. The van der Waals surface area contributed by atoms with Gasteiger partial charge in [0.2, 0.25) is 0 Å². The van der Waals surface area contributed by atoms with Crippen LogP contribution < -0.4 is 0 Å². The van der Waals surface area contributed by atoms with Crippen LogP contribution in [0.25, 0.3) is 0 Å². The normalized spacial score (nSPS) is 11.5. The van der Waals surface area contributed by atoms with Gasteiger partial charge in [-0.15, -0.1) is 12.3 Å². The number of rotatable bonds is 5. The van der Waals surface area contributed by atoms with E-state index >= 15 is 0 Å². The summed E-state index contributed by atoms with van der Waals surface area (Å²) in [6, 6.07) is 3.67. The fourth-order valence-corrected chi connectivity index (χ4v) is 1.47. The molecule has 3 nitrogen and oxygen atoms in total. The number of hydrogen-bond donors (Lipinski definition) is 0. The van der Waals surface area contributed by atoms with Crippen LogP contribution in [-0.4, -0.2) is 17.6 Å². The average Bonchev–Trinajstić information content (AvgIpc) is 2.31. The molecule has 0 unspecified atom stereocenters. The monoisotopic (exact) mass is 217 g/mol. The Balaban J connectivity index is 2.79. The second-order valence-corrected chi connectivity index (χ2v) is 3.33. The first-order valence-corrected chi connectivity index (χ1v) is 5.29. The lowest BCUT2D eigenvalue weighted by Gasteiger charge is -2.14. The maximum atomic E-state index is 11.7. The first kappa shape index (κ1) is 12.3. The van der Waals surface area contributed by atoms with E-state index in [0.717, 1.165) is 5.56 Å². The molecule has 1 heterocycles. The number of esters is 1. The minimum Gasteiger partial charge on any atom is -0.466 e. The van der Waals surface area contributed by atoms with Crippen molar-refractivity contribution < 1.29 is 9.53 Å². The fraction of sp³-hybridized carbons (Fsp3) is 0.385. The highest BCUT2D eigenvalue weighted by molar-refractivity contribution is 5.78. The lowest BCUT2D eigenvalue weighted by atomic mass is 9.96. The Morgan fingerprint density at radius 3 is 3.06 bits per heavy atom. The Morgan fingerprint density at radius 1 is 1.69 bits per heavy atom. The molecule has 1 aromatic heterocycles. The summed E-state index contributed by atoms with van der Waals surface area (Å²) >= 11 is 0. The Hall–Kier alpha value is -1.82. The minimum atomic E-state index is -0.301. The van der Waals surface area contributed by atoms with Crippen molar-refractivity contribution in [2.45, 2.75) is 25.7 Å². The van der Waals surface area contributed by atoms with Crippen LogP contribution >= 0.6 is 0 Å². The second kappa shape index (κ2) is 6.62. The van der Waals surface area contributed by atoms with Crippen molar-refractivity contribution in [2.24, 2.45) is 0 Å². The molecule has 0 saturated heterocycles. The summed E-state index contributed by atoms with van der Waals surface area (Å²) in [5, 5.41) is 0. The number of aromatic nitrogens is 1. The minimum absolute atomic E-state index is 0.231. The summed E-state index contributed by atoms with van der Waals surface area (Å²) in [7, 11) is 0. The van der Waals surface area contributed by atoms with Crippen molar-refractivity contribution in [1.29, 1.82) is 0 Å². The van der Waals surface area contributed by atoms with Gasteiger partial charge in [-0.25, -0.2) is 0 Å². The van der Waals surface area contributed by atoms with Crippen molar-refractivity contribution in [3.8, 4) is 12.3 Å². The van der Waals surface area contributed by atoms with Gasteiger partial charge in [0.05, 0.1) is 12.5 Å². The molecule has 0 aliphatic carbocycles. The van der Waals surface area contributed by atoms with Gasteiger partial charge >= 0.3 is 5.97 Å². The smallest absolute Gasteiger partial charge is 0.313 e. The second-order valence-electron chi connectivity index (χ2n) is 3.33. The summed E-state index contributed by atoms with van der Waals surface area (Å²) < 4.78 is 5.02.